The van der Waals surface area contributed by atoms with Crippen molar-refractivity contribution >= 4 is 21.8 Å². The van der Waals surface area contributed by atoms with Gasteiger partial charge in [0.15, 0.2) is 0 Å². The van der Waals surface area contributed by atoms with Crippen molar-refractivity contribution in [3.63, 3.8) is 0 Å². The van der Waals surface area contributed by atoms with Crippen molar-refractivity contribution in [3.05, 3.63) is 28.5 Å². The van der Waals surface area contributed by atoms with Crippen molar-refractivity contribution in [3.8, 4) is 5.75 Å². The number of benzene rings is 1. The first-order valence-electron chi connectivity index (χ1n) is 5.71. The lowest BCUT2D eigenvalue weighted by Gasteiger charge is -2.06. The Labute approximate surface area is 114 Å². The lowest BCUT2D eigenvalue weighted by Crippen LogP contribution is -2.29. The van der Waals surface area contributed by atoms with Crippen LogP contribution in [0.1, 0.15) is 25.7 Å². The molecule has 0 saturated heterocycles. The number of hydrazine groups is 1. The van der Waals surface area contributed by atoms with Crippen LogP contribution >= 0.6 is 15.9 Å². The molecule has 0 atom stereocenters. The Hall–Kier alpha value is -1.14. The van der Waals surface area contributed by atoms with Gasteiger partial charge in [-0.1, -0.05) is 0 Å². The van der Waals surface area contributed by atoms with Crippen LogP contribution in [0.3, 0.4) is 0 Å². The first-order valence-corrected chi connectivity index (χ1v) is 6.50. The van der Waals surface area contributed by atoms with E-state index in [-0.39, 0.29) is 11.7 Å². The second-order valence-electron chi connectivity index (χ2n) is 3.80. The molecule has 0 aliphatic carbocycles. The summed E-state index contributed by atoms with van der Waals surface area (Å²) in [5.41, 5.74) is 2.08. The number of nitrogens with two attached hydrogens (primary N) is 1. The molecule has 4 nitrogen and oxygen atoms in total. The van der Waals surface area contributed by atoms with E-state index in [0.717, 1.165) is 19.3 Å². The second kappa shape index (κ2) is 8.05. The summed E-state index contributed by atoms with van der Waals surface area (Å²) in [5.74, 6) is 4.96. The van der Waals surface area contributed by atoms with Gasteiger partial charge in [-0.2, -0.15) is 0 Å². The molecule has 0 radical (unpaired) electrons. The molecule has 0 spiro atoms. The molecule has 0 aliphatic heterocycles. The first kappa shape index (κ1) is 14.9. The topological polar surface area (TPSA) is 64.3 Å². The maximum absolute atomic E-state index is 13.2. The number of halogens is 2. The summed E-state index contributed by atoms with van der Waals surface area (Å²) in [7, 11) is 0. The largest absolute Gasteiger partial charge is 0.493 e. The highest BCUT2D eigenvalue weighted by Gasteiger charge is 2.01. The molecule has 100 valence electrons. The normalized spacial score (nSPS) is 10.2. The molecule has 0 aromatic heterocycles. The van der Waals surface area contributed by atoms with Gasteiger partial charge in [0.25, 0.3) is 0 Å². The van der Waals surface area contributed by atoms with E-state index in [1.807, 2.05) is 0 Å². The predicted molar refractivity (Wildman–Crippen MR) is 70.4 cm³/mol. The van der Waals surface area contributed by atoms with Crippen LogP contribution in [0.2, 0.25) is 0 Å². The van der Waals surface area contributed by atoms with Crippen LogP contribution in [0.15, 0.2) is 22.7 Å². The van der Waals surface area contributed by atoms with Crippen molar-refractivity contribution in [2.24, 2.45) is 5.84 Å². The number of amides is 1. The molecule has 0 fully saturated rings. The Bertz CT molecular complexity index is 402. The zero-order valence-corrected chi connectivity index (χ0v) is 11.5. The fraction of sp³-hybridized carbons (Fsp3) is 0.417. The molecule has 1 amide bonds. The van der Waals surface area contributed by atoms with Crippen LogP contribution < -0.4 is 16.0 Å². The van der Waals surface area contributed by atoms with E-state index in [1.165, 1.54) is 6.07 Å². The summed E-state index contributed by atoms with van der Waals surface area (Å²) in [6.07, 6.45) is 2.87. The van der Waals surface area contributed by atoms with Crippen LogP contribution in [0.4, 0.5) is 4.39 Å². The van der Waals surface area contributed by atoms with Crippen LogP contribution in [0, 0.1) is 5.82 Å². The number of nitrogens with one attached hydrogen (secondary N) is 1. The molecule has 0 aliphatic rings. The summed E-state index contributed by atoms with van der Waals surface area (Å²) >= 11 is 3.07. The minimum atomic E-state index is -0.341. The predicted octanol–water partition coefficient (Wildman–Crippen LogP) is 2.52. The Kier molecular flexibility index (Phi) is 6.67. The van der Waals surface area contributed by atoms with E-state index >= 15 is 0 Å². The van der Waals surface area contributed by atoms with E-state index in [9.17, 15) is 9.18 Å². The van der Waals surface area contributed by atoms with E-state index in [1.54, 1.807) is 12.1 Å². The molecule has 3 N–H and O–H groups in total. The fourth-order valence-corrected chi connectivity index (χ4v) is 1.64. The minimum Gasteiger partial charge on any atom is -0.493 e. The summed E-state index contributed by atoms with van der Waals surface area (Å²) < 4.78 is 19.0. The summed E-state index contributed by atoms with van der Waals surface area (Å²) in [6.45, 7) is 0.505. The molecule has 1 rings (SSSR count). The van der Waals surface area contributed by atoms with Gasteiger partial charge < -0.3 is 4.74 Å². The molecule has 18 heavy (non-hydrogen) atoms. The highest BCUT2D eigenvalue weighted by Crippen LogP contribution is 2.21. The van der Waals surface area contributed by atoms with Crippen LogP contribution in [-0.2, 0) is 4.79 Å². The molecule has 1 aromatic carbocycles. The molecule has 6 heteroatoms. The fourth-order valence-electron chi connectivity index (χ4n) is 1.39. The van der Waals surface area contributed by atoms with Gasteiger partial charge in [0.05, 0.1) is 11.1 Å². The molecule has 1 aromatic rings. The lowest BCUT2D eigenvalue weighted by molar-refractivity contribution is -0.121. The number of carbonyl (C=O) groups excluding carboxylic acids is 1. The number of unbranched alkanes of at least 4 members (excludes halogenated alkanes) is 2. The average molecular weight is 319 g/mol. The smallest absolute Gasteiger partial charge is 0.233 e. The SMILES string of the molecule is NNC(=O)CCCCCOc1ccc(Br)c(F)c1. The lowest BCUT2D eigenvalue weighted by atomic mass is 10.2. The summed E-state index contributed by atoms with van der Waals surface area (Å²) in [4.78, 5) is 10.8. The third kappa shape index (κ3) is 5.46. The Morgan fingerprint density at radius 3 is 2.83 bits per heavy atom. The van der Waals surface area contributed by atoms with Gasteiger partial charge in [-0.25, -0.2) is 10.2 Å². The highest BCUT2D eigenvalue weighted by molar-refractivity contribution is 9.10. The van der Waals surface area contributed by atoms with Crippen LogP contribution in [0.5, 0.6) is 5.75 Å². The van der Waals surface area contributed by atoms with Crippen molar-refractivity contribution < 1.29 is 13.9 Å². The molecular formula is C12H16BrFN2O2. The molecular weight excluding hydrogens is 303 g/mol. The Balaban J connectivity index is 2.14. The van der Waals surface area contributed by atoms with Gasteiger partial charge in [-0.3, -0.25) is 10.2 Å². The first-order chi connectivity index (χ1) is 8.63. The van der Waals surface area contributed by atoms with E-state index < -0.39 is 0 Å². The van der Waals surface area contributed by atoms with Gasteiger partial charge in [0.2, 0.25) is 5.91 Å². The third-order valence-corrected chi connectivity index (χ3v) is 3.01. The molecule has 0 unspecified atom stereocenters. The van der Waals surface area contributed by atoms with E-state index in [2.05, 4.69) is 21.4 Å². The van der Waals surface area contributed by atoms with Crippen molar-refractivity contribution in [1.29, 1.82) is 0 Å². The Morgan fingerprint density at radius 2 is 2.17 bits per heavy atom. The standard InChI is InChI=1S/C12H16BrFN2O2/c13-10-6-5-9(8-11(10)14)18-7-3-1-2-4-12(17)16-15/h5-6,8H,1-4,7,15H2,(H,16,17). The zero-order chi connectivity index (χ0) is 13.4. The average Bonchev–Trinajstić information content (AvgIpc) is 2.37. The third-order valence-electron chi connectivity index (χ3n) is 2.37. The second-order valence-corrected chi connectivity index (χ2v) is 4.66. The maximum Gasteiger partial charge on any atom is 0.233 e. The maximum atomic E-state index is 13.2. The summed E-state index contributed by atoms with van der Waals surface area (Å²) in [6, 6.07) is 4.65. The Morgan fingerprint density at radius 1 is 1.39 bits per heavy atom. The van der Waals surface area contributed by atoms with Gasteiger partial charge in [-0.05, 0) is 47.3 Å². The van der Waals surface area contributed by atoms with Crippen molar-refractivity contribution in [2.75, 3.05) is 6.61 Å². The van der Waals surface area contributed by atoms with E-state index in [0.29, 0.717) is 23.2 Å². The van der Waals surface area contributed by atoms with Crippen molar-refractivity contribution in [2.45, 2.75) is 25.7 Å². The number of rotatable bonds is 7. The quantitative estimate of drug-likeness (QED) is 0.351. The molecule has 0 bridgehead atoms. The monoisotopic (exact) mass is 318 g/mol. The van der Waals surface area contributed by atoms with Crippen molar-refractivity contribution in [1.82, 2.24) is 5.43 Å². The molecule has 0 saturated carbocycles. The highest BCUT2D eigenvalue weighted by atomic mass is 79.9. The van der Waals surface area contributed by atoms with Gasteiger partial charge in [0.1, 0.15) is 11.6 Å². The number of hydrogen-bond donors (Lipinski definition) is 2. The van der Waals surface area contributed by atoms with Gasteiger partial charge in [-0.15, -0.1) is 0 Å². The van der Waals surface area contributed by atoms with E-state index in [4.69, 9.17) is 10.6 Å². The molecule has 0 heterocycles. The number of hydrogen-bond acceptors (Lipinski definition) is 3. The number of carbonyl (C=O) groups is 1. The van der Waals surface area contributed by atoms with Crippen LogP contribution in [-0.4, -0.2) is 12.5 Å². The number of ether oxygens (including phenoxy) is 1. The summed E-state index contributed by atoms with van der Waals surface area (Å²) in [5, 5.41) is 0. The van der Waals surface area contributed by atoms with Gasteiger partial charge in [0, 0.05) is 12.5 Å². The van der Waals surface area contributed by atoms with Crippen LogP contribution in [0.25, 0.3) is 0 Å². The minimum absolute atomic E-state index is 0.161. The van der Waals surface area contributed by atoms with Gasteiger partial charge >= 0.3 is 0 Å². The zero-order valence-electron chi connectivity index (χ0n) is 9.92.